The summed E-state index contributed by atoms with van der Waals surface area (Å²) in [5, 5.41) is 3.50. The Balaban J connectivity index is 1.68. The summed E-state index contributed by atoms with van der Waals surface area (Å²) in [7, 11) is 0. The molecule has 1 N–H and O–H groups in total. The van der Waals surface area contributed by atoms with E-state index >= 15 is 0 Å². The van der Waals surface area contributed by atoms with Crippen molar-refractivity contribution in [3.63, 3.8) is 0 Å². The topological polar surface area (TPSA) is 39.7 Å². The third-order valence-electron chi connectivity index (χ3n) is 3.44. The highest BCUT2D eigenvalue weighted by Gasteiger charge is 2.22. The first-order valence-corrected chi connectivity index (χ1v) is 6.07. The molecular weight excluding hydrogens is 218 g/mol. The smallest absolute Gasteiger partial charge is 0.231 e. The van der Waals surface area contributed by atoms with E-state index in [1.807, 2.05) is 18.2 Å². The molecule has 1 fully saturated rings. The van der Waals surface area contributed by atoms with Crippen LogP contribution in [0.1, 0.15) is 13.3 Å². The Labute approximate surface area is 101 Å². The van der Waals surface area contributed by atoms with Gasteiger partial charge in [-0.25, -0.2) is 0 Å². The lowest BCUT2D eigenvalue weighted by atomic mass is 10.0. The van der Waals surface area contributed by atoms with Crippen molar-refractivity contribution >= 4 is 5.69 Å². The zero-order chi connectivity index (χ0) is 11.7. The van der Waals surface area contributed by atoms with E-state index in [0.717, 1.165) is 36.8 Å². The number of hydrogen-bond acceptors (Lipinski definition) is 4. The summed E-state index contributed by atoms with van der Waals surface area (Å²) in [6.45, 7) is 4.27. The normalized spacial score (nSPS) is 23.7. The molecule has 0 spiro atoms. The molecule has 2 aliphatic rings. The quantitative estimate of drug-likeness (QED) is 0.872. The molecule has 1 saturated heterocycles. The van der Waals surface area contributed by atoms with Crippen LogP contribution in [0.3, 0.4) is 0 Å². The number of benzene rings is 1. The highest BCUT2D eigenvalue weighted by molar-refractivity contribution is 5.56. The second kappa shape index (κ2) is 4.45. The molecule has 0 radical (unpaired) electrons. The Bertz CT molecular complexity index is 402. The maximum Gasteiger partial charge on any atom is 0.231 e. The summed E-state index contributed by atoms with van der Waals surface area (Å²) >= 11 is 0. The van der Waals surface area contributed by atoms with E-state index in [2.05, 4.69) is 12.2 Å². The molecule has 4 heteroatoms. The van der Waals surface area contributed by atoms with Crippen LogP contribution in [0.15, 0.2) is 18.2 Å². The molecule has 2 heterocycles. The van der Waals surface area contributed by atoms with E-state index in [4.69, 9.17) is 14.2 Å². The van der Waals surface area contributed by atoms with Crippen molar-refractivity contribution in [1.82, 2.24) is 0 Å². The second-order valence-electron chi connectivity index (χ2n) is 4.62. The van der Waals surface area contributed by atoms with Gasteiger partial charge in [-0.1, -0.05) is 0 Å². The SMILES string of the molecule is CC(Nc1ccc2c(c1)OCO2)C1CCOC1. The van der Waals surface area contributed by atoms with Crippen LogP contribution < -0.4 is 14.8 Å². The van der Waals surface area contributed by atoms with Crippen molar-refractivity contribution in [3.05, 3.63) is 18.2 Å². The van der Waals surface area contributed by atoms with Gasteiger partial charge in [-0.2, -0.15) is 0 Å². The van der Waals surface area contributed by atoms with Gasteiger partial charge in [0, 0.05) is 30.3 Å². The van der Waals surface area contributed by atoms with Crippen LogP contribution in [0.5, 0.6) is 11.5 Å². The molecule has 2 unspecified atom stereocenters. The molecule has 0 saturated carbocycles. The molecule has 0 bridgehead atoms. The molecule has 0 amide bonds. The first-order chi connectivity index (χ1) is 8.33. The maximum absolute atomic E-state index is 5.41. The van der Waals surface area contributed by atoms with Gasteiger partial charge >= 0.3 is 0 Å². The number of rotatable bonds is 3. The van der Waals surface area contributed by atoms with Crippen molar-refractivity contribution in [2.45, 2.75) is 19.4 Å². The van der Waals surface area contributed by atoms with E-state index in [1.165, 1.54) is 0 Å². The summed E-state index contributed by atoms with van der Waals surface area (Å²) in [6, 6.07) is 6.38. The Morgan fingerprint density at radius 3 is 3.00 bits per heavy atom. The van der Waals surface area contributed by atoms with Crippen LogP contribution in [-0.4, -0.2) is 26.0 Å². The molecule has 2 aliphatic heterocycles. The van der Waals surface area contributed by atoms with Crippen molar-refractivity contribution in [3.8, 4) is 11.5 Å². The summed E-state index contributed by atoms with van der Waals surface area (Å²) in [5.74, 6) is 2.25. The second-order valence-corrected chi connectivity index (χ2v) is 4.62. The Hall–Kier alpha value is -1.42. The van der Waals surface area contributed by atoms with Crippen LogP contribution in [0, 0.1) is 5.92 Å². The Morgan fingerprint density at radius 2 is 2.18 bits per heavy atom. The molecule has 17 heavy (non-hydrogen) atoms. The van der Waals surface area contributed by atoms with Gasteiger partial charge in [0.25, 0.3) is 0 Å². The van der Waals surface area contributed by atoms with E-state index in [1.54, 1.807) is 0 Å². The summed E-state index contributed by atoms with van der Waals surface area (Å²) in [5.41, 5.74) is 1.08. The minimum atomic E-state index is 0.324. The molecule has 4 nitrogen and oxygen atoms in total. The third kappa shape index (κ3) is 2.17. The lowest BCUT2D eigenvalue weighted by Gasteiger charge is -2.20. The Kier molecular flexibility index (Phi) is 2.81. The molecule has 1 aromatic rings. The zero-order valence-electron chi connectivity index (χ0n) is 9.94. The number of nitrogens with one attached hydrogen (secondary N) is 1. The fourth-order valence-corrected chi connectivity index (χ4v) is 2.31. The monoisotopic (exact) mass is 235 g/mol. The van der Waals surface area contributed by atoms with Crippen molar-refractivity contribution in [2.24, 2.45) is 5.92 Å². The summed E-state index contributed by atoms with van der Waals surface area (Å²) < 4.78 is 16.1. The van der Waals surface area contributed by atoms with E-state index in [9.17, 15) is 0 Å². The van der Waals surface area contributed by atoms with Crippen molar-refractivity contribution < 1.29 is 14.2 Å². The van der Waals surface area contributed by atoms with Crippen molar-refractivity contribution in [1.29, 1.82) is 0 Å². The van der Waals surface area contributed by atoms with Crippen LogP contribution >= 0.6 is 0 Å². The number of anilines is 1. The molecule has 0 aromatic heterocycles. The van der Waals surface area contributed by atoms with Gasteiger partial charge in [0.1, 0.15) is 0 Å². The highest BCUT2D eigenvalue weighted by atomic mass is 16.7. The van der Waals surface area contributed by atoms with Gasteiger partial charge in [0.2, 0.25) is 6.79 Å². The predicted molar refractivity (Wildman–Crippen MR) is 64.6 cm³/mol. The van der Waals surface area contributed by atoms with Crippen LogP contribution in [0.4, 0.5) is 5.69 Å². The number of ether oxygens (including phenoxy) is 3. The molecule has 2 atom stereocenters. The van der Waals surface area contributed by atoms with Gasteiger partial charge in [0.05, 0.1) is 6.61 Å². The largest absolute Gasteiger partial charge is 0.454 e. The fraction of sp³-hybridized carbons (Fsp3) is 0.538. The van der Waals surface area contributed by atoms with E-state index < -0.39 is 0 Å². The van der Waals surface area contributed by atoms with E-state index in [-0.39, 0.29) is 0 Å². The first-order valence-electron chi connectivity index (χ1n) is 6.07. The lowest BCUT2D eigenvalue weighted by molar-refractivity contribution is 0.174. The molecule has 1 aromatic carbocycles. The van der Waals surface area contributed by atoms with Gasteiger partial charge in [-0.05, 0) is 25.5 Å². The summed E-state index contributed by atoms with van der Waals surface area (Å²) in [4.78, 5) is 0. The van der Waals surface area contributed by atoms with Gasteiger partial charge < -0.3 is 19.5 Å². The lowest BCUT2D eigenvalue weighted by Crippen LogP contribution is -2.25. The summed E-state index contributed by atoms with van der Waals surface area (Å²) in [6.07, 6.45) is 1.14. The standard InChI is InChI=1S/C13H17NO3/c1-9(10-4-5-15-7-10)14-11-2-3-12-13(6-11)17-8-16-12/h2-3,6,9-10,14H,4-5,7-8H2,1H3. The third-order valence-corrected chi connectivity index (χ3v) is 3.44. The average Bonchev–Trinajstić information content (AvgIpc) is 2.99. The average molecular weight is 235 g/mol. The van der Waals surface area contributed by atoms with Crippen molar-refractivity contribution in [2.75, 3.05) is 25.3 Å². The molecule has 0 aliphatic carbocycles. The Morgan fingerprint density at radius 1 is 1.29 bits per heavy atom. The number of fused-ring (bicyclic) bond motifs is 1. The highest BCUT2D eigenvalue weighted by Crippen LogP contribution is 2.34. The molecule has 92 valence electrons. The van der Waals surface area contributed by atoms with Crippen LogP contribution in [0.2, 0.25) is 0 Å². The molecular formula is C13H17NO3. The van der Waals surface area contributed by atoms with Crippen LogP contribution in [-0.2, 0) is 4.74 Å². The maximum atomic E-state index is 5.41. The molecule has 3 rings (SSSR count). The minimum absolute atomic E-state index is 0.324. The predicted octanol–water partition coefficient (Wildman–Crippen LogP) is 2.25. The number of hydrogen-bond donors (Lipinski definition) is 1. The minimum Gasteiger partial charge on any atom is -0.454 e. The first kappa shape index (κ1) is 10.7. The van der Waals surface area contributed by atoms with Gasteiger partial charge in [-0.3, -0.25) is 0 Å². The fourth-order valence-electron chi connectivity index (χ4n) is 2.31. The van der Waals surface area contributed by atoms with Gasteiger partial charge in [0.15, 0.2) is 11.5 Å². The van der Waals surface area contributed by atoms with Crippen LogP contribution in [0.25, 0.3) is 0 Å². The van der Waals surface area contributed by atoms with Gasteiger partial charge in [-0.15, -0.1) is 0 Å². The zero-order valence-corrected chi connectivity index (χ0v) is 9.94. The van der Waals surface area contributed by atoms with E-state index in [0.29, 0.717) is 18.8 Å².